The zero-order valence-corrected chi connectivity index (χ0v) is 25.5. The second-order valence-electron chi connectivity index (χ2n) is 13.9. The van der Waals surface area contributed by atoms with Crippen LogP contribution in [0.2, 0.25) is 0 Å². The molecule has 0 radical (unpaired) electrons. The van der Waals surface area contributed by atoms with Crippen LogP contribution in [0.5, 0.6) is 0 Å². The van der Waals surface area contributed by atoms with Crippen LogP contribution >= 0.6 is 0 Å². The number of carbonyl (C=O) groups excluding carboxylic acids is 1. The highest BCUT2D eigenvalue weighted by Gasteiger charge is 2.91. The second-order valence-corrected chi connectivity index (χ2v) is 13.9. The van der Waals surface area contributed by atoms with E-state index in [0.29, 0.717) is 25.1 Å². The normalized spacial score (nSPS) is 52.7. The lowest BCUT2D eigenvalue weighted by molar-refractivity contribution is -0.320. The summed E-state index contributed by atoms with van der Waals surface area (Å²) < 4.78 is 30.5. The van der Waals surface area contributed by atoms with Crippen molar-refractivity contribution in [2.24, 2.45) is 34.5 Å². The molecule has 5 unspecified atom stereocenters. The summed E-state index contributed by atoms with van der Waals surface area (Å²) in [5.74, 6) is -2.94. The van der Waals surface area contributed by atoms with Crippen LogP contribution in [0.4, 0.5) is 0 Å². The second kappa shape index (κ2) is 9.91. The molecule has 5 saturated carbocycles. The summed E-state index contributed by atoms with van der Waals surface area (Å²) >= 11 is 0. The minimum atomic E-state index is -1.86. The summed E-state index contributed by atoms with van der Waals surface area (Å²) in [6.07, 6.45) is -5.27. The number of fused-ring (bicyclic) bond motifs is 2. The molecule has 1 heterocycles. The van der Waals surface area contributed by atoms with E-state index in [1.807, 2.05) is 0 Å². The van der Waals surface area contributed by atoms with Crippen molar-refractivity contribution in [3.05, 3.63) is 35.9 Å². The van der Waals surface area contributed by atoms with Gasteiger partial charge in [-0.05, 0) is 31.0 Å². The number of nitrogens with zero attached hydrogens (tertiary/aromatic N) is 1. The van der Waals surface area contributed by atoms with Crippen molar-refractivity contribution >= 4 is 5.97 Å². The Balaban J connectivity index is 1.48. The number of hydrogen-bond donors (Lipinski definition) is 4. The standard InChI is InChI=1S/C32H45NO10/c1-6-33-14-29(15-39-2)18(34)12-19(40-3)31-17-13-30(37)26(43-28(36)16-10-8-7-9-11-16)20(17)32(38,25(35)27(30)42-5)21(24(31)33)22(41-4)23(29)31/h7-11,17-27,34-35,37-38H,6,12-15H2,1-5H3/t17?,18-,19+,20-,21?,22?,23?,24+,25+,26-,27+,29+,30?,31+,32-/m1/s1. The van der Waals surface area contributed by atoms with E-state index in [-0.39, 0.29) is 25.0 Å². The summed E-state index contributed by atoms with van der Waals surface area (Å²) in [6.45, 7) is 3.46. The van der Waals surface area contributed by atoms with Crippen LogP contribution in [0.25, 0.3) is 0 Å². The van der Waals surface area contributed by atoms with Gasteiger partial charge < -0.3 is 44.1 Å². The number of likely N-dealkylation sites (tertiary alicyclic amines) is 1. The molecular weight excluding hydrogens is 558 g/mol. The number of methoxy groups -OCH3 is 4. The van der Waals surface area contributed by atoms with Crippen LogP contribution < -0.4 is 0 Å². The molecule has 1 aromatic rings. The molecule has 15 atom stereocenters. The molecule has 1 spiro atoms. The van der Waals surface area contributed by atoms with E-state index in [9.17, 15) is 25.2 Å². The zero-order chi connectivity index (χ0) is 30.7. The molecule has 7 rings (SSSR count). The average Bonchev–Trinajstić information content (AvgIpc) is 3.39. The molecule has 4 N–H and O–H groups in total. The number of carbonyl (C=O) groups is 1. The Kier molecular flexibility index (Phi) is 6.92. The molecule has 0 aromatic heterocycles. The number of rotatable bonds is 8. The molecule has 5 aliphatic carbocycles. The SMILES string of the molecule is CCN1C[C@@]2(COC)C3C(OC)C4[C@H]1[C@@]3(C1CC3(O)[C@H](OC(=O)c5ccccc5)[C@@H]1[C@]4(O)[C@@H](O)[C@@H]3OC)[C@@H](OC)C[C@H]2O. The predicted octanol–water partition coefficient (Wildman–Crippen LogP) is 0.0773. The largest absolute Gasteiger partial charge is 0.455 e. The first-order valence-electron chi connectivity index (χ1n) is 15.5. The zero-order valence-electron chi connectivity index (χ0n) is 25.5. The Hall–Kier alpha value is -1.67. The van der Waals surface area contributed by atoms with Crippen molar-refractivity contribution in [1.29, 1.82) is 0 Å². The van der Waals surface area contributed by atoms with Gasteiger partial charge in [0.2, 0.25) is 0 Å². The maximum absolute atomic E-state index is 13.6. The van der Waals surface area contributed by atoms with Crippen LogP contribution in [0.3, 0.4) is 0 Å². The highest BCUT2D eigenvalue weighted by atomic mass is 16.6. The topological polar surface area (TPSA) is 147 Å². The van der Waals surface area contributed by atoms with Gasteiger partial charge in [-0.15, -0.1) is 0 Å². The number of aliphatic hydroxyl groups is 4. The molecule has 7 bridgehead atoms. The quantitative estimate of drug-likeness (QED) is 0.300. The Morgan fingerprint density at radius 3 is 2.33 bits per heavy atom. The van der Waals surface area contributed by atoms with Gasteiger partial charge in [0.05, 0.1) is 30.5 Å². The van der Waals surface area contributed by atoms with E-state index >= 15 is 0 Å². The minimum Gasteiger partial charge on any atom is -0.455 e. The van der Waals surface area contributed by atoms with Gasteiger partial charge in [0.1, 0.15) is 29.5 Å². The molecule has 11 heteroatoms. The predicted molar refractivity (Wildman–Crippen MR) is 151 cm³/mol. The average molecular weight is 604 g/mol. The van der Waals surface area contributed by atoms with Crippen LogP contribution in [0.1, 0.15) is 30.1 Å². The van der Waals surface area contributed by atoms with Gasteiger partial charge >= 0.3 is 5.97 Å². The van der Waals surface area contributed by atoms with Gasteiger partial charge in [0, 0.05) is 76.0 Å². The first-order chi connectivity index (χ1) is 20.6. The molecule has 6 fully saturated rings. The van der Waals surface area contributed by atoms with Gasteiger partial charge in [0.15, 0.2) is 0 Å². The third kappa shape index (κ3) is 3.28. The fourth-order valence-electron chi connectivity index (χ4n) is 11.9. The third-order valence-electron chi connectivity index (χ3n) is 12.9. The molecule has 1 saturated heterocycles. The highest BCUT2D eigenvalue weighted by Crippen LogP contribution is 2.80. The lowest BCUT2D eigenvalue weighted by atomic mass is 9.42. The Morgan fingerprint density at radius 1 is 1.00 bits per heavy atom. The van der Waals surface area contributed by atoms with E-state index < -0.39 is 82.4 Å². The van der Waals surface area contributed by atoms with Crippen molar-refractivity contribution in [1.82, 2.24) is 4.90 Å². The molecule has 238 valence electrons. The Morgan fingerprint density at radius 2 is 1.72 bits per heavy atom. The summed E-state index contributed by atoms with van der Waals surface area (Å²) in [5.41, 5.74) is -4.81. The first kappa shape index (κ1) is 30.0. The smallest absolute Gasteiger partial charge is 0.338 e. The molecular formula is C32H45NO10. The van der Waals surface area contributed by atoms with Crippen LogP contribution in [-0.2, 0) is 23.7 Å². The fraction of sp³-hybridized carbons (Fsp3) is 0.781. The Bertz CT molecular complexity index is 1250. The van der Waals surface area contributed by atoms with Crippen LogP contribution in [-0.4, -0.2) is 133 Å². The van der Waals surface area contributed by atoms with Gasteiger partial charge in [-0.25, -0.2) is 4.79 Å². The minimum absolute atomic E-state index is 0.106. The number of piperidine rings is 1. The maximum Gasteiger partial charge on any atom is 0.338 e. The number of hydrogen-bond acceptors (Lipinski definition) is 11. The van der Waals surface area contributed by atoms with Crippen molar-refractivity contribution in [2.75, 3.05) is 48.1 Å². The number of ether oxygens (including phenoxy) is 5. The summed E-state index contributed by atoms with van der Waals surface area (Å²) in [7, 11) is 6.29. The monoisotopic (exact) mass is 603 g/mol. The highest BCUT2D eigenvalue weighted by molar-refractivity contribution is 5.89. The molecule has 6 aliphatic rings. The molecule has 1 aromatic carbocycles. The lowest BCUT2D eigenvalue weighted by Gasteiger charge is -2.70. The van der Waals surface area contributed by atoms with E-state index in [0.717, 1.165) is 0 Å². The van der Waals surface area contributed by atoms with Gasteiger partial charge in [-0.3, -0.25) is 4.90 Å². The summed E-state index contributed by atoms with van der Waals surface area (Å²) in [4.78, 5) is 15.8. The molecule has 43 heavy (non-hydrogen) atoms. The summed E-state index contributed by atoms with van der Waals surface area (Å²) in [5, 5.41) is 49.7. The Labute approximate surface area is 252 Å². The van der Waals surface area contributed by atoms with Crippen LogP contribution in [0.15, 0.2) is 30.3 Å². The molecule has 0 amide bonds. The first-order valence-corrected chi connectivity index (χ1v) is 15.5. The number of aliphatic hydroxyl groups excluding tert-OH is 2. The van der Waals surface area contributed by atoms with Crippen molar-refractivity contribution in [2.45, 2.75) is 73.6 Å². The summed E-state index contributed by atoms with van der Waals surface area (Å²) in [6, 6.07) is 8.25. The maximum atomic E-state index is 13.6. The van der Waals surface area contributed by atoms with E-state index in [2.05, 4.69) is 11.8 Å². The van der Waals surface area contributed by atoms with Gasteiger partial charge in [0.25, 0.3) is 0 Å². The number of esters is 1. The number of benzene rings is 1. The third-order valence-corrected chi connectivity index (χ3v) is 12.9. The molecule has 1 aliphatic heterocycles. The van der Waals surface area contributed by atoms with Crippen molar-refractivity contribution in [3.63, 3.8) is 0 Å². The van der Waals surface area contributed by atoms with E-state index in [1.54, 1.807) is 51.7 Å². The van der Waals surface area contributed by atoms with Crippen molar-refractivity contribution in [3.8, 4) is 0 Å². The van der Waals surface area contributed by atoms with E-state index in [4.69, 9.17) is 23.7 Å². The lowest BCUT2D eigenvalue weighted by Crippen LogP contribution is -2.81. The fourth-order valence-corrected chi connectivity index (χ4v) is 11.9. The molecule has 11 nitrogen and oxygen atoms in total. The van der Waals surface area contributed by atoms with Crippen LogP contribution in [0, 0.1) is 34.5 Å². The van der Waals surface area contributed by atoms with Crippen molar-refractivity contribution < 1.29 is 48.9 Å². The van der Waals surface area contributed by atoms with E-state index in [1.165, 1.54) is 7.11 Å². The van der Waals surface area contributed by atoms with Gasteiger partial charge in [-0.2, -0.15) is 0 Å². The van der Waals surface area contributed by atoms with Gasteiger partial charge in [-0.1, -0.05) is 25.1 Å².